The molecule has 2 aromatic rings. The number of hydrazine groups is 1. The Morgan fingerprint density at radius 2 is 1.96 bits per heavy atom. The first kappa shape index (κ1) is 20.7. The second kappa shape index (κ2) is 7.54. The van der Waals surface area contributed by atoms with E-state index in [1.54, 1.807) is 0 Å². The lowest BCUT2D eigenvalue weighted by Crippen LogP contribution is -2.30. The zero-order chi connectivity index (χ0) is 20.4. The highest BCUT2D eigenvalue weighted by Crippen LogP contribution is 2.32. The Balaban J connectivity index is 2.25. The van der Waals surface area contributed by atoms with Crippen LogP contribution in [0, 0.1) is 10.1 Å². The fourth-order valence-electron chi connectivity index (χ4n) is 1.84. The first-order valence-corrected chi connectivity index (χ1v) is 8.65. The topological polar surface area (TPSA) is 123 Å². The molecule has 0 amide bonds. The van der Waals surface area contributed by atoms with Crippen LogP contribution in [0.3, 0.4) is 0 Å². The number of sulfonamides is 1. The Bertz CT molecular complexity index is 984. The molecule has 1 aromatic carbocycles. The monoisotopic (exact) mass is 426 g/mol. The van der Waals surface area contributed by atoms with Crippen LogP contribution in [0.1, 0.15) is 5.56 Å². The quantitative estimate of drug-likeness (QED) is 0.537. The van der Waals surface area contributed by atoms with Gasteiger partial charge in [0, 0.05) is 12.3 Å². The number of hydrogen-bond donors (Lipinski definition) is 2. The van der Waals surface area contributed by atoms with Crippen LogP contribution in [-0.4, -0.2) is 25.4 Å². The molecule has 2 N–H and O–H groups in total. The van der Waals surface area contributed by atoms with Gasteiger partial charge in [0.1, 0.15) is 0 Å². The highest BCUT2D eigenvalue weighted by molar-refractivity contribution is 7.89. The smallest absolute Gasteiger partial charge is 0.417 e. The van der Waals surface area contributed by atoms with E-state index in [4.69, 9.17) is 16.3 Å². The minimum absolute atomic E-state index is 0.153. The van der Waals surface area contributed by atoms with Gasteiger partial charge < -0.3 is 4.74 Å². The van der Waals surface area contributed by atoms with E-state index in [0.29, 0.717) is 12.3 Å². The van der Waals surface area contributed by atoms with Gasteiger partial charge in [-0.25, -0.2) is 13.4 Å². The van der Waals surface area contributed by atoms with Crippen LogP contribution in [0.4, 0.5) is 24.7 Å². The lowest BCUT2D eigenvalue weighted by atomic mass is 10.3. The highest BCUT2D eigenvalue weighted by atomic mass is 35.5. The van der Waals surface area contributed by atoms with Crippen molar-refractivity contribution in [3.05, 3.63) is 51.2 Å². The molecule has 1 aromatic heterocycles. The third-order valence-corrected chi connectivity index (χ3v) is 4.66. The summed E-state index contributed by atoms with van der Waals surface area (Å²) in [5.74, 6) is -0.546. The summed E-state index contributed by atoms with van der Waals surface area (Å²) < 4.78 is 66.9. The van der Waals surface area contributed by atoms with Crippen molar-refractivity contribution in [3.63, 3.8) is 0 Å². The number of nitrogens with zero attached hydrogens (tertiary/aromatic N) is 2. The van der Waals surface area contributed by atoms with Crippen molar-refractivity contribution in [1.29, 1.82) is 0 Å². The van der Waals surface area contributed by atoms with Crippen LogP contribution in [0.2, 0.25) is 5.02 Å². The molecule has 0 bridgehead atoms. The fourth-order valence-corrected chi connectivity index (χ4v) is 2.92. The number of hydrogen-bond acceptors (Lipinski definition) is 7. The number of nitro benzene ring substituents is 1. The molecule has 0 unspecified atom stereocenters. The number of nitro groups is 1. The average Bonchev–Trinajstić information content (AvgIpc) is 2.59. The van der Waals surface area contributed by atoms with E-state index in [1.807, 2.05) is 4.83 Å². The third kappa shape index (κ3) is 4.75. The molecule has 0 fully saturated rings. The van der Waals surface area contributed by atoms with Crippen molar-refractivity contribution in [3.8, 4) is 5.75 Å². The number of aromatic nitrogens is 1. The molecule has 0 aliphatic carbocycles. The minimum atomic E-state index is -4.67. The van der Waals surface area contributed by atoms with E-state index in [2.05, 4.69) is 10.4 Å². The molecule has 14 heteroatoms. The Morgan fingerprint density at radius 1 is 1.30 bits per heavy atom. The number of pyridine rings is 1. The molecule has 146 valence electrons. The summed E-state index contributed by atoms with van der Waals surface area (Å²) in [7, 11) is -3.16. The molecule has 0 radical (unpaired) electrons. The lowest BCUT2D eigenvalue weighted by molar-refractivity contribution is -0.386. The maximum atomic E-state index is 12.6. The molecule has 0 aliphatic heterocycles. The first-order valence-electron chi connectivity index (χ1n) is 6.78. The maximum Gasteiger partial charge on any atom is 0.417 e. The number of ether oxygens (including phenoxy) is 1. The molecule has 1 heterocycles. The van der Waals surface area contributed by atoms with Gasteiger partial charge >= 0.3 is 11.9 Å². The summed E-state index contributed by atoms with van der Waals surface area (Å²) in [5, 5.41) is 10.5. The summed E-state index contributed by atoms with van der Waals surface area (Å²) in [6, 6.07) is 3.43. The first-order chi connectivity index (χ1) is 12.5. The van der Waals surface area contributed by atoms with Gasteiger partial charge in [-0.2, -0.15) is 13.2 Å². The van der Waals surface area contributed by atoms with E-state index >= 15 is 0 Å². The second-order valence-electron chi connectivity index (χ2n) is 4.87. The number of alkyl halides is 3. The standard InChI is InChI=1S/C13H10ClF3N4O5S/c1-26-11-3-2-8(5-10(11)21(22)23)27(24,25)20-19-12-9(14)4-7(6-18-12)13(15,16)17/h2-6,20H,1H3,(H,18,19). The van der Waals surface area contributed by atoms with Crippen molar-refractivity contribution < 1.29 is 31.2 Å². The van der Waals surface area contributed by atoms with E-state index in [1.165, 1.54) is 7.11 Å². The van der Waals surface area contributed by atoms with Crippen LogP contribution in [-0.2, 0) is 16.2 Å². The molecule has 0 aliphatic rings. The molecule has 9 nitrogen and oxygen atoms in total. The summed E-state index contributed by atoms with van der Waals surface area (Å²) in [6.45, 7) is 0. The highest BCUT2D eigenvalue weighted by Gasteiger charge is 2.31. The van der Waals surface area contributed by atoms with Crippen molar-refractivity contribution >= 4 is 33.1 Å². The second-order valence-corrected chi connectivity index (χ2v) is 6.96. The molecular formula is C13H10ClF3N4O5S. The maximum absolute atomic E-state index is 12.6. The number of rotatable bonds is 6. The molecule has 0 saturated heterocycles. The van der Waals surface area contributed by atoms with Crippen molar-refractivity contribution in [2.75, 3.05) is 12.5 Å². The van der Waals surface area contributed by atoms with Crippen LogP contribution < -0.4 is 15.0 Å². The van der Waals surface area contributed by atoms with Gasteiger partial charge in [-0.05, 0) is 18.2 Å². The van der Waals surface area contributed by atoms with Gasteiger partial charge in [0.2, 0.25) is 0 Å². The van der Waals surface area contributed by atoms with Crippen LogP contribution in [0.5, 0.6) is 5.75 Å². The molecule has 0 saturated carbocycles. The molecule has 0 atom stereocenters. The van der Waals surface area contributed by atoms with E-state index in [0.717, 1.165) is 18.2 Å². The van der Waals surface area contributed by atoms with Crippen molar-refractivity contribution in [2.45, 2.75) is 11.1 Å². The lowest BCUT2D eigenvalue weighted by Gasteiger charge is -2.12. The molecule has 0 spiro atoms. The van der Waals surface area contributed by atoms with Gasteiger partial charge in [-0.3, -0.25) is 15.5 Å². The van der Waals surface area contributed by atoms with Gasteiger partial charge in [0.25, 0.3) is 10.0 Å². The van der Waals surface area contributed by atoms with Gasteiger partial charge in [-0.15, -0.1) is 4.83 Å². The number of nitrogens with one attached hydrogen (secondary N) is 2. The van der Waals surface area contributed by atoms with Gasteiger partial charge in [0.15, 0.2) is 11.6 Å². The predicted octanol–water partition coefficient (Wildman–Crippen LogP) is 2.98. The third-order valence-electron chi connectivity index (χ3n) is 3.13. The van der Waals surface area contributed by atoms with E-state index in [-0.39, 0.29) is 5.75 Å². The Hall–Kier alpha value is -2.64. The normalized spacial score (nSPS) is 11.9. The number of halogens is 4. The summed E-state index contributed by atoms with van der Waals surface area (Å²) in [4.78, 5) is 14.9. The fraction of sp³-hybridized carbons (Fsp3) is 0.154. The van der Waals surface area contributed by atoms with Gasteiger partial charge in [-0.1, -0.05) is 11.6 Å². The van der Waals surface area contributed by atoms with Gasteiger partial charge in [0.05, 0.1) is 27.5 Å². The Morgan fingerprint density at radius 3 is 2.48 bits per heavy atom. The Labute approximate surface area is 155 Å². The zero-order valence-electron chi connectivity index (χ0n) is 13.2. The summed E-state index contributed by atoms with van der Waals surface area (Å²) in [5.41, 5.74) is 0.348. The molecular weight excluding hydrogens is 417 g/mol. The average molecular weight is 427 g/mol. The molecule has 2 rings (SSSR count). The van der Waals surface area contributed by atoms with Crippen LogP contribution >= 0.6 is 11.6 Å². The van der Waals surface area contributed by atoms with Crippen LogP contribution in [0.25, 0.3) is 0 Å². The van der Waals surface area contributed by atoms with Crippen LogP contribution in [0.15, 0.2) is 35.4 Å². The molecule has 27 heavy (non-hydrogen) atoms. The number of benzene rings is 1. The number of anilines is 1. The number of methoxy groups -OCH3 is 1. The van der Waals surface area contributed by atoms with Crippen molar-refractivity contribution in [2.24, 2.45) is 0 Å². The Kier molecular flexibility index (Phi) is 5.77. The SMILES string of the molecule is COc1ccc(S(=O)(=O)NNc2ncc(C(F)(F)F)cc2Cl)cc1[N+](=O)[O-]. The summed E-state index contributed by atoms with van der Waals surface area (Å²) in [6.07, 6.45) is -4.21. The zero-order valence-corrected chi connectivity index (χ0v) is 14.8. The predicted molar refractivity (Wildman–Crippen MR) is 87.8 cm³/mol. The largest absolute Gasteiger partial charge is 0.490 e. The van der Waals surface area contributed by atoms with Crippen molar-refractivity contribution in [1.82, 2.24) is 9.82 Å². The van der Waals surface area contributed by atoms with E-state index < -0.39 is 48.1 Å². The van der Waals surface area contributed by atoms with E-state index in [9.17, 15) is 31.7 Å². The summed E-state index contributed by atoms with van der Waals surface area (Å²) >= 11 is 5.65. The minimum Gasteiger partial charge on any atom is -0.490 e.